The minimum Gasteiger partial charge on any atom is -0.466 e. The van der Waals surface area contributed by atoms with E-state index in [2.05, 4.69) is 20.8 Å². The van der Waals surface area contributed by atoms with Crippen LogP contribution >= 0.6 is 0 Å². The summed E-state index contributed by atoms with van der Waals surface area (Å²) < 4.78 is 10.6. The molecule has 0 aliphatic rings. The highest BCUT2D eigenvalue weighted by Crippen LogP contribution is 2.17. The summed E-state index contributed by atoms with van der Waals surface area (Å²) in [6.45, 7) is 7.54. The van der Waals surface area contributed by atoms with Crippen molar-refractivity contribution in [2.45, 2.75) is 124 Å². The second-order valence-corrected chi connectivity index (χ2v) is 7.92. The molecule has 28 heavy (non-hydrogen) atoms. The van der Waals surface area contributed by atoms with E-state index in [1.165, 1.54) is 25.7 Å². The second-order valence-electron chi connectivity index (χ2n) is 7.92. The van der Waals surface area contributed by atoms with Crippen LogP contribution < -0.4 is 0 Å². The Morgan fingerprint density at radius 3 is 1.75 bits per heavy atom. The van der Waals surface area contributed by atoms with Crippen LogP contribution in [0.3, 0.4) is 0 Å². The van der Waals surface area contributed by atoms with Gasteiger partial charge in [0.15, 0.2) is 0 Å². The zero-order chi connectivity index (χ0) is 20.9. The first-order valence-electron chi connectivity index (χ1n) is 12.0. The molecule has 1 unspecified atom stereocenters. The van der Waals surface area contributed by atoms with E-state index in [0.29, 0.717) is 19.6 Å². The van der Waals surface area contributed by atoms with Crippen LogP contribution in [0.15, 0.2) is 0 Å². The molecule has 0 heterocycles. The minimum absolute atomic E-state index is 0.000170. The zero-order valence-electron chi connectivity index (χ0n) is 18.9. The number of hydrogen-bond acceptors (Lipinski definition) is 4. The summed E-state index contributed by atoms with van der Waals surface area (Å²) in [5, 5.41) is 0. The third-order valence-corrected chi connectivity index (χ3v) is 5.26. The topological polar surface area (TPSA) is 52.6 Å². The van der Waals surface area contributed by atoms with Crippen LogP contribution in [0.2, 0.25) is 0 Å². The molecule has 1 atom stereocenters. The van der Waals surface area contributed by atoms with E-state index in [1.54, 1.807) is 0 Å². The predicted octanol–water partition coefficient (Wildman–Crippen LogP) is 6.99. The van der Waals surface area contributed by atoms with E-state index in [4.69, 9.17) is 9.47 Å². The number of hydrogen-bond donors (Lipinski definition) is 0. The Morgan fingerprint density at radius 2 is 1.18 bits per heavy atom. The summed E-state index contributed by atoms with van der Waals surface area (Å²) >= 11 is 0. The number of esters is 2. The van der Waals surface area contributed by atoms with Crippen LogP contribution in [0.5, 0.6) is 0 Å². The summed E-state index contributed by atoms with van der Waals surface area (Å²) in [4.78, 5) is 23.6. The quantitative estimate of drug-likeness (QED) is 0.164. The first-order valence-corrected chi connectivity index (χ1v) is 12.0. The van der Waals surface area contributed by atoms with Gasteiger partial charge < -0.3 is 9.47 Å². The van der Waals surface area contributed by atoms with Crippen molar-refractivity contribution in [3.8, 4) is 0 Å². The van der Waals surface area contributed by atoms with Crippen LogP contribution in [0.25, 0.3) is 0 Å². The van der Waals surface area contributed by atoms with E-state index in [9.17, 15) is 9.59 Å². The SMILES string of the molecule is CCCCCOC(=O)CCCCCCCCCC(CC)C(=O)OCCCCC. The number of ether oxygens (including phenoxy) is 2. The molecule has 0 saturated carbocycles. The fourth-order valence-corrected chi connectivity index (χ4v) is 3.29. The van der Waals surface area contributed by atoms with Crippen LogP contribution in [-0.4, -0.2) is 25.2 Å². The Hall–Kier alpha value is -1.06. The molecule has 0 radical (unpaired) electrons. The molecule has 0 amide bonds. The van der Waals surface area contributed by atoms with Crippen molar-refractivity contribution in [2.75, 3.05) is 13.2 Å². The van der Waals surface area contributed by atoms with E-state index < -0.39 is 0 Å². The van der Waals surface area contributed by atoms with Gasteiger partial charge in [-0.15, -0.1) is 0 Å². The van der Waals surface area contributed by atoms with Gasteiger partial charge in [-0.25, -0.2) is 0 Å². The van der Waals surface area contributed by atoms with Crippen LogP contribution in [0.1, 0.15) is 124 Å². The molecule has 0 aliphatic heterocycles. The Labute approximate surface area is 174 Å². The van der Waals surface area contributed by atoms with Crippen molar-refractivity contribution in [1.82, 2.24) is 0 Å². The molecule has 0 aromatic carbocycles. The summed E-state index contributed by atoms with van der Waals surface area (Å²) in [6, 6.07) is 0. The number of carbonyl (C=O) groups excluding carboxylic acids is 2. The largest absolute Gasteiger partial charge is 0.466 e. The lowest BCUT2D eigenvalue weighted by atomic mass is 9.98. The normalized spacial score (nSPS) is 12.0. The standard InChI is InChI=1S/C24H46O4/c1-4-7-16-20-27-23(25)19-15-13-11-9-10-12-14-18-22(6-3)24(26)28-21-17-8-5-2/h22H,4-21H2,1-3H3. The molecule has 0 fully saturated rings. The maximum atomic E-state index is 12.1. The van der Waals surface area contributed by atoms with Crippen molar-refractivity contribution < 1.29 is 19.1 Å². The Balaban J connectivity index is 3.49. The molecule has 166 valence electrons. The lowest BCUT2D eigenvalue weighted by Crippen LogP contribution is -2.17. The third-order valence-electron chi connectivity index (χ3n) is 5.26. The number of carbonyl (C=O) groups is 2. The van der Waals surface area contributed by atoms with Crippen LogP contribution in [-0.2, 0) is 19.1 Å². The summed E-state index contributed by atoms with van der Waals surface area (Å²) in [7, 11) is 0. The molecular formula is C24H46O4. The van der Waals surface area contributed by atoms with Gasteiger partial charge >= 0.3 is 11.9 Å². The Bertz CT molecular complexity index is 368. The van der Waals surface area contributed by atoms with Gasteiger partial charge in [0.2, 0.25) is 0 Å². The lowest BCUT2D eigenvalue weighted by molar-refractivity contribution is -0.149. The molecule has 0 rings (SSSR count). The molecular weight excluding hydrogens is 352 g/mol. The Morgan fingerprint density at radius 1 is 0.643 bits per heavy atom. The monoisotopic (exact) mass is 398 g/mol. The smallest absolute Gasteiger partial charge is 0.308 e. The molecule has 0 aromatic heterocycles. The molecule has 4 heteroatoms. The number of rotatable bonds is 20. The average molecular weight is 399 g/mol. The molecule has 0 spiro atoms. The number of unbranched alkanes of at least 4 members (excludes halogenated alkanes) is 10. The molecule has 0 N–H and O–H groups in total. The highest BCUT2D eigenvalue weighted by Gasteiger charge is 2.17. The first kappa shape index (κ1) is 26.9. The minimum atomic E-state index is -0.0386. The van der Waals surface area contributed by atoms with E-state index in [-0.39, 0.29) is 17.9 Å². The summed E-state index contributed by atoms with van der Waals surface area (Å²) in [5.41, 5.74) is 0. The zero-order valence-corrected chi connectivity index (χ0v) is 18.9. The summed E-state index contributed by atoms with van der Waals surface area (Å²) in [5.74, 6) is 0.0356. The molecule has 0 saturated heterocycles. The van der Waals surface area contributed by atoms with Gasteiger partial charge in [0.1, 0.15) is 0 Å². The third kappa shape index (κ3) is 17.1. The van der Waals surface area contributed by atoms with Crippen LogP contribution in [0, 0.1) is 5.92 Å². The van der Waals surface area contributed by atoms with E-state index in [0.717, 1.165) is 70.6 Å². The maximum Gasteiger partial charge on any atom is 0.308 e. The van der Waals surface area contributed by atoms with Crippen molar-refractivity contribution in [1.29, 1.82) is 0 Å². The second kappa shape index (κ2) is 20.7. The van der Waals surface area contributed by atoms with E-state index >= 15 is 0 Å². The van der Waals surface area contributed by atoms with Gasteiger partial charge in [-0.05, 0) is 32.1 Å². The Kier molecular flexibility index (Phi) is 19.9. The first-order chi connectivity index (χ1) is 13.7. The van der Waals surface area contributed by atoms with Crippen molar-refractivity contribution in [3.63, 3.8) is 0 Å². The van der Waals surface area contributed by atoms with Gasteiger partial charge in [-0.1, -0.05) is 85.0 Å². The summed E-state index contributed by atoms with van der Waals surface area (Å²) in [6.07, 6.45) is 16.8. The van der Waals surface area contributed by atoms with Gasteiger partial charge in [-0.3, -0.25) is 9.59 Å². The van der Waals surface area contributed by atoms with Gasteiger partial charge in [0.25, 0.3) is 0 Å². The molecule has 0 aromatic rings. The highest BCUT2D eigenvalue weighted by atomic mass is 16.5. The predicted molar refractivity (Wildman–Crippen MR) is 116 cm³/mol. The van der Waals surface area contributed by atoms with Gasteiger partial charge in [0, 0.05) is 6.42 Å². The molecule has 0 aliphatic carbocycles. The van der Waals surface area contributed by atoms with E-state index in [1.807, 2.05) is 0 Å². The van der Waals surface area contributed by atoms with Crippen molar-refractivity contribution in [3.05, 3.63) is 0 Å². The fraction of sp³-hybridized carbons (Fsp3) is 0.917. The molecule has 0 bridgehead atoms. The lowest BCUT2D eigenvalue weighted by Gasteiger charge is -2.14. The van der Waals surface area contributed by atoms with Gasteiger partial charge in [0.05, 0.1) is 19.1 Å². The van der Waals surface area contributed by atoms with Crippen molar-refractivity contribution >= 4 is 11.9 Å². The fourth-order valence-electron chi connectivity index (χ4n) is 3.29. The molecule has 4 nitrogen and oxygen atoms in total. The average Bonchev–Trinajstić information content (AvgIpc) is 2.70. The highest BCUT2D eigenvalue weighted by molar-refractivity contribution is 5.72. The van der Waals surface area contributed by atoms with Crippen LogP contribution in [0.4, 0.5) is 0 Å². The maximum absolute atomic E-state index is 12.1. The van der Waals surface area contributed by atoms with Gasteiger partial charge in [-0.2, -0.15) is 0 Å². The van der Waals surface area contributed by atoms with Crippen molar-refractivity contribution in [2.24, 2.45) is 5.92 Å².